The van der Waals surface area contributed by atoms with Crippen molar-refractivity contribution < 1.29 is 72.4 Å². The Labute approximate surface area is 659 Å². The average molecular weight is 1560 g/mol. The van der Waals surface area contributed by atoms with Gasteiger partial charge in [-0.2, -0.15) is 0 Å². The highest BCUT2D eigenvalue weighted by atomic mass is 16.5. The number of nitrogens with zero attached hydrogens (tertiary/aromatic N) is 8. The summed E-state index contributed by atoms with van der Waals surface area (Å²) in [6.45, 7) is 12.6. The molecule has 2 saturated heterocycles. The molecule has 0 radical (unpaired) electrons. The van der Waals surface area contributed by atoms with Gasteiger partial charge in [0.1, 0.15) is 91.0 Å². The molecule has 8 heterocycles. The minimum absolute atomic E-state index is 0.0574. The number of ether oxygens (including phenoxy) is 2. The number of likely N-dealkylation sites (tertiary alicyclic amines) is 2. The van der Waals surface area contributed by atoms with E-state index in [1.807, 2.05) is 78.9 Å². The van der Waals surface area contributed by atoms with Crippen molar-refractivity contribution in [2.45, 2.75) is 180 Å². The normalized spacial score (nSPS) is 21.2. The fourth-order valence-electron chi connectivity index (χ4n) is 14.2. The minimum Gasteiger partial charge on any atom is -0.487 e. The highest BCUT2D eigenvalue weighted by Crippen LogP contribution is 2.35. The van der Waals surface area contributed by atoms with Gasteiger partial charge in [0.2, 0.25) is 53.2 Å². The van der Waals surface area contributed by atoms with Gasteiger partial charge in [-0.05, 0) is 107 Å². The van der Waals surface area contributed by atoms with E-state index in [0.29, 0.717) is 45.1 Å². The summed E-state index contributed by atoms with van der Waals surface area (Å²) in [5, 5.41) is 67.0. The number of carboxylic acids is 2. The third kappa shape index (κ3) is 20.7. The van der Waals surface area contributed by atoms with Crippen LogP contribution in [0.15, 0.2) is 146 Å². The van der Waals surface area contributed by atoms with Gasteiger partial charge in [-0.3, -0.25) is 47.9 Å². The number of amides is 9. The number of hydrogen-bond acceptors (Lipinski definition) is 19. The number of carboxylic acid groups (broad SMARTS) is 2. The largest absolute Gasteiger partial charge is 0.487 e. The molecule has 12 bridgehead atoms. The van der Waals surface area contributed by atoms with Crippen LogP contribution in [0.25, 0.3) is 21.5 Å². The molecule has 2 aromatic heterocycles. The summed E-state index contributed by atoms with van der Waals surface area (Å²) in [7, 11) is 3.21. The summed E-state index contributed by atoms with van der Waals surface area (Å²) in [5.41, 5.74) is 1.05. The van der Waals surface area contributed by atoms with Crippen LogP contribution in [0.2, 0.25) is 0 Å². The SMILES string of the molecule is CN[C@@H](C)C(=O)N[C@H](C(=O)N1C[C@@H]2C[C@H]1C(=O)N[C@@H](Cc1ccc3ccccc3c1)C(=O)N[C@H](C(=O)O)Cc1ccc(cc1)OCc1cn(nn1)[C@H]1C[C@@H](C(=O)N[C@@H](Cc3ccc4ccccc4c3)C(=O)N[C@H](C(=O)NCC(=O)O)Cc3ccc(cc3)OCc3cn2nn3)N(C(=O)[C@@H](NC(=O)[C@H](C)NC)C(C)(C)C)C1)C(C)(C)C. The van der Waals surface area contributed by atoms with Crippen molar-refractivity contribution in [2.75, 3.05) is 33.7 Å². The van der Waals surface area contributed by atoms with Gasteiger partial charge in [0.15, 0.2) is 0 Å². The minimum atomic E-state index is -1.53. The van der Waals surface area contributed by atoms with Crippen LogP contribution in [0, 0.1) is 10.8 Å². The van der Waals surface area contributed by atoms with E-state index >= 15 is 24.0 Å². The Morgan fingerprint density at radius 3 is 1.30 bits per heavy atom. The summed E-state index contributed by atoms with van der Waals surface area (Å²) in [6.07, 6.45) is 2.42. The maximum Gasteiger partial charge on any atom is 0.326 e. The number of benzene rings is 6. The van der Waals surface area contributed by atoms with Crippen molar-refractivity contribution in [1.29, 1.82) is 0 Å². The number of carbonyl (C=O) groups is 11. The van der Waals surface area contributed by atoms with Gasteiger partial charge in [0.05, 0.1) is 36.6 Å². The van der Waals surface area contributed by atoms with Gasteiger partial charge < -0.3 is 77.3 Å². The Kier molecular flexibility index (Phi) is 26.2. The summed E-state index contributed by atoms with van der Waals surface area (Å²) in [4.78, 5) is 161. The number of aliphatic carboxylic acids is 2. The Hall–Kier alpha value is -12.2. The third-order valence-electron chi connectivity index (χ3n) is 21.0. The van der Waals surface area contributed by atoms with Crippen LogP contribution in [-0.2, 0) is 91.6 Å². The van der Waals surface area contributed by atoms with E-state index in [-0.39, 0.29) is 64.8 Å². The van der Waals surface area contributed by atoms with E-state index in [1.165, 1.54) is 19.2 Å². The molecule has 2 fully saturated rings. The van der Waals surface area contributed by atoms with Gasteiger partial charge in [-0.1, -0.05) is 161 Å². The molecule has 114 heavy (non-hydrogen) atoms. The Balaban J connectivity index is 0.939. The van der Waals surface area contributed by atoms with Crippen molar-refractivity contribution >= 4 is 86.6 Å². The lowest BCUT2D eigenvalue weighted by Gasteiger charge is -2.36. The molecule has 0 aliphatic carbocycles. The van der Waals surface area contributed by atoms with Gasteiger partial charge in [0, 0.05) is 51.6 Å². The highest BCUT2D eigenvalue weighted by Gasteiger charge is 2.49. The smallest absolute Gasteiger partial charge is 0.326 e. The molecule has 602 valence electrons. The van der Waals surface area contributed by atoms with Gasteiger partial charge in [-0.15, -0.1) is 10.2 Å². The van der Waals surface area contributed by atoms with E-state index in [2.05, 4.69) is 68.5 Å². The predicted octanol–water partition coefficient (Wildman–Crippen LogP) is 3.40. The number of carbonyl (C=O) groups excluding carboxylic acids is 9. The molecule has 12 atom stereocenters. The molecule has 6 aromatic carbocycles. The first-order valence-electron chi connectivity index (χ1n) is 38.0. The molecular weight excluding hydrogens is 1460 g/mol. The molecule has 0 unspecified atom stereocenters. The van der Waals surface area contributed by atoms with Crippen LogP contribution in [-0.4, -0.2) is 209 Å². The molecule has 6 aliphatic rings. The molecule has 14 rings (SSSR count). The van der Waals surface area contributed by atoms with Crippen LogP contribution in [0.4, 0.5) is 0 Å². The van der Waals surface area contributed by atoms with Gasteiger partial charge in [0.25, 0.3) is 0 Å². The fourth-order valence-corrected chi connectivity index (χ4v) is 14.2. The first kappa shape index (κ1) is 82.8. The molecule has 0 saturated carbocycles. The Morgan fingerprint density at radius 1 is 0.518 bits per heavy atom. The van der Waals surface area contributed by atoms with E-state index in [4.69, 9.17) is 9.47 Å². The molecule has 11 N–H and O–H groups in total. The molecule has 8 aromatic rings. The maximum atomic E-state index is 15.4. The van der Waals surface area contributed by atoms with E-state index in [9.17, 15) is 39.0 Å². The molecular formula is C82H99N17O15. The zero-order chi connectivity index (χ0) is 81.9. The topological polar surface area (TPSA) is 423 Å². The summed E-state index contributed by atoms with van der Waals surface area (Å²) in [5.74, 6) is -8.22. The number of nitrogens with one attached hydrogen (secondary N) is 9. The summed E-state index contributed by atoms with van der Waals surface area (Å²) >= 11 is 0. The van der Waals surface area contributed by atoms with E-state index < -0.39 is 155 Å². The van der Waals surface area contributed by atoms with Crippen molar-refractivity contribution in [1.82, 2.24) is 87.6 Å². The summed E-state index contributed by atoms with van der Waals surface area (Å²) in [6, 6.07) is 25.6. The first-order valence-corrected chi connectivity index (χ1v) is 38.0. The van der Waals surface area contributed by atoms with Crippen molar-refractivity contribution in [3.63, 3.8) is 0 Å². The Morgan fingerprint density at radius 2 is 0.912 bits per heavy atom. The maximum absolute atomic E-state index is 15.4. The number of fused-ring (bicyclic) bond motifs is 2. The Bertz CT molecular complexity index is 4860. The van der Waals surface area contributed by atoms with Crippen LogP contribution >= 0.6 is 0 Å². The molecule has 9 amide bonds. The van der Waals surface area contributed by atoms with Crippen molar-refractivity contribution in [3.8, 4) is 11.5 Å². The third-order valence-corrected chi connectivity index (χ3v) is 21.0. The van der Waals surface area contributed by atoms with Crippen LogP contribution in [0.3, 0.4) is 0 Å². The molecule has 0 spiro atoms. The van der Waals surface area contributed by atoms with Crippen LogP contribution < -0.4 is 57.3 Å². The predicted molar refractivity (Wildman–Crippen MR) is 418 cm³/mol. The standard InChI is InChI=1S/C82H99N17O15/c1-46(83-9)71(102)90-69(81(3,4)5)78(109)96-42-58-37-66(96)76(107)87-63(35-50-19-25-52-15-11-13-17-54(52)31-50)74(105)86-62(73(104)85-39-68(100)101)33-48-21-27-60(28-22-48)113-44-56-40-99(94-92-56)59-38-67(97(43-59)79(110)70(82(6,7)8)91-72(103)47(2)84-10)77(108)88-64(36-51-20-26-53-16-12-14-18-55(53)32-51)75(106)89-65(80(111)112)34-49-23-29-61(30-24-49)114-45-57-41-98(58)95-93-57/h11-32,40-41,46-47,58-59,62-67,69-70,83-84H,33-39,42-45H2,1-10H3,(H,85,104)(H,86,105)(H,87,107)(H,88,108)(H,89,106)(H,90,102)(H,91,103)(H,100,101)(H,111,112)/t46-,47-,58-,59-,62-,63-,64-,65-,66-,67-,69+,70+/m0/s1. The van der Waals surface area contributed by atoms with E-state index in [1.54, 1.807) is 136 Å². The van der Waals surface area contributed by atoms with E-state index in [0.717, 1.165) is 21.5 Å². The first-order chi connectivity index (χ1) is 54.3. The lowest BCUT2D eigenvalue weighted by Crippen LogP contribution is -2.61. The second-order valence-corrected chi connectivity index (χ2v) is 31.5. The number of hydrogen-bond donors (Lipinski definition) is 11. The average Bonchev–Trinajstić information content (AvgIpc) is 1.63. The quantitative estimate of drug-likeness (QED) is 0.0660. The summed E-state index contributed by atoms with van der Waals surface area (Å²) < 4.78 is 15.4. The lowest BCUT2D eigenvalue weighted by molar-refractivity contribution is -0.145. The van der Waals surface area contributed by atoms with Crippen LogP contribution in [0.5, 0.6) is 11.5 Å². The monoisotopic (exact) mass is 1560 g/mol. The molecule has 32 heteroatoms. The zero-order valence-corrected chi connectivity index (χ0v) is 65.3. The van der Waals surface area contributed by atoms with Crippen molar-refractivity contribution in [2.24, 2.45) is 10.8 Å². The zero-order valence-electron chi connectivity index (χ0n) is 65.3. The highest BCUT2D eigenvalue weighted by molar-refractivity contribution is 5.99. The second-order valence-electron chi connectivity index (χ2n) is 31.5. The van der Waals surface area contributed by atoms with Crippen molar-refractivity contribution in [3.05, 3.63) is 179 Å². The van der Waals surface area contributed by atoms with Crippen LogP contribution in [0.1, 0.15) is 114 Å². The van der Waals surface area contributed by atoms with Gasteiger partial charge >= 0.3 is 11.9 Å². The van der Waals surface area contributed by atoms with Gasteiger partial charge in [-0.25, -0.2) is 14.2 Å². The lowest BCUT2D eigenvalue weighted by atomic mass is 9.85. The second kappa shape index (κ2) is 36.1. The molecule has 32 nitrogen and oxygen atoms in total. The number of rotatable bonds is 16. The number of aromatic nitrogens is 6. The fraction of sp³-hybridized carbons (Fsp3) is 0.427. The number of likely N-dealkylation sites (N-methyl/N-ethyl adjacent to an activating group) is 2. The molecule has 6 aliphatic heterocycles.